The second-order valence-electron chi connectivity index (χ2n) is 7.88. The molecule has 1 amide bonds. The molecule has 0 spiro atoms. The summed E-state index contributed by atoms with van der Waals surface area (Å²) in [4.78, 5) is 19.0. The highest BCUT2D eigenvalue weighted by molar-refractivity contribution is 8.00. The predicted molar refractivity (Wildman–Crippen MR) is 133 cm³/mol. The van der Waals surface area contributed by atoms with E-state index in [0.29, 0.717) is 19.0 Å². The first kappa shape index (κ1) is 22.3. The van der Waals surface area contributed by atoms with Gasteiger partial charge < -0.3 is 14.5 Å². The number of carbonyl (C=O) groups excluding carboxylic acids is 1. The SMILES string of the molecule is CCn1c(SCC(=O)N2c3ccccc3SCC2c2ccccc2)nnc1N1CCOCC1. The highest BCUT2D eigenvalue weighted by Gasteiger charge is 2.32. The van der Waals surface area contributed by atoms with Crippen molar-refractivity contribution >= 4 is 41.1 Å². The van der Waals surface area contributed by atoms with Crippen LogP contribution in [0.4, 0.5) is 11.6 Å². The number of carbonyl (C=O) groups is 1. The van der Waals surface area contributed by atoms with E-state index in [1.54, 1.807) is 0 Å². The number of thioether (sulfide) groups is 2. The number of fused-ring (bicyclic) bond motifs is 1. The molecule has 0 saturated carbocycles. The Kier molecular flexibility index (Phi) is 6.89. The van der Waals surface area contributed by atoms with E-state index in [9.17, 15) is 4.79 Å². The Balaban J connectivity index is 1.37. The van der Waals surface area contributed by atoms with Crippen molar-refractivity contribution in [3.63, 3.8) is 0 Å². The van der Waals surface area contributed by atoms with Gasteiger partial charge in [-0.3, -0.25) is 9.36 Å². The van der Waals surface area contributed by atoms with Crippen LogP contribution in [0.3, 0.4) is 0 Å². The van der Waals surface area contributed by atoms with Crippen LogP contribution < -0.4 is 9.80 Å². The van der Waals surface area contributed by atoms with Gasteiger partial charge in [-0.05, 0) is 24.6 Å². The number of rotatable bonds is 6. The van der Waals surface area contributed by atoms with Crippen molar-refractivity contribution in [3.8, 4) is 0 Å². The van der Waals surface area contributed by atoms with E-state index in [0.717, 1.165) is 52.6 Å². The quantitative estimate of drug-likeness (QED) is 0.491. The van der Waals surface area contributed by atoms with E-state index in [1.165, 1.54) is 11.8 Å². The molecule has 9 heteroatoms. The zero-order valence-electron chi connectivity index (χ0n) is 18.6. The van der Waals surface area contributed by atoms with Crippen molar-refractivity contribution < 1.29 is 9.53 Å². The van der Waals surface area contributed by atoms with Gasteiger partial charge >= 0.3 is 0 Å². The summed E-state index contributed by atoms with van der Waals surface area (Å²) < 4.78 is 7.56. The van der Waals surface area contributed by atoms with Gasteiger partial charge in [0, 0.05) is 30.3 Å². The van der Waals surface area contributed by atoms with Crippen LogP contribution in [-0.4, -0.2) is 58.5 Å². The van der Waals surface area contributed by atoms with Crippen molar-refractivity contribution in [2.75, 3.05) is 47.6 Å². The number of benzene rings is 2. The second kappa shape index (κ2) is 10.2. The van der Waals surface area contributed by atoms with Crippen LogP contribution in [0.5, 0.6) is 0 Å². The molecule has 3 heterocycles. The first-order chi connectivity index (χ1) is 16.3. The van der Waals surface area contributed by atoms with E-state index in [-0.39, 0.29) is 11.9 Å². The minimum absolute atomic E-state index is 0.00663. The van der Waals surface area contributed by atoms with E-state index in [2.05, 4.69) is 44.8 Å². The first-order valence-corrected chi connectivity index (χ1v) is 13.2. The van der Waals surface area contributed by atoms with E-state index < -0.39 is 0 Å². The monoisotopic (exact) mass is 481 g/mol. The molecule has 2 aliphatic heterocycles. The van der Waals surface area contributed by atoms with Crippen LogP contribution in [0.25, 0.3) is 0 Å². The third kappa shape index (κ3) is 4.62. The van der Waals surface area contributed by atoms with E-state index >= 15 is 0 Å². The van der Waals surface area contributed by atoms with Crippen LogP contribution in [0.15, 0.2) is 64.6 Å². The van der Waals surface area contributed by atoms with Gasteiger partial charge in [0.15, 0.2) is 5.16 Å². The number of hydrogen-bond donors (Lipinski definition) is 0. The summed E-state index contributed by atoms with van der Waals surface area (Å²) in [7, 11) is 0. The topological polar surface area (TPSA) is 63.5 Å². The van der Waals surface area contributed by atoms with Gasteiger partial charge in [-0.1, -0.05) is 54.2 Å². The fourth-order valence-electron chi connectivity index (χ4n) is 4.28. The second-order valence-corrected chi connectivity index (χ2v) is 9.89. The highest BCUT2D eigenvalue weighted by Crippen LogP contribution is 2.43. The maximum atomic E-state index is 13.6. The molecule has 1 fully saturated rings. The summed E-state index contributed by atoms with van der Waals surface area (Å²) in [5.74, 6) is 2.09. The molecule has 0 aliphatic carbocycles. The third-order valence-electron chi connectivity index (χ3n) is 5.92. The molecule has 0 radical (unpaired) electrons. The molecule has 172 valence electrons. The molecular weight excluding hydrogens is 454 g/mol. The van der Waals surface area contributed by atoms with Crippen LogP contribution in [-0.2, 0) is 16.1 Å². The maximum Gasteiger partial charge on any atom is 0.238 e. The number of hydrogen-bond acceptors (Lipinski definition) is 7. The Morgan fingerprint density at radius 1 is 1.09 bits per heavy atom. The molecule has 3 aromatic rings. The molecular formula is C24H27N5O2S2. The maximum absolute atomic E-state index is 13.6. The van der Waals surface area contributed by atoms with Crippen molar-refractivity contribution in [2.45, 2.75) is 29.6 Å². The summed E-state index contributed by atoms with van der Waals surface area (Å²) in [5, 5.41) is 9.63. The molecule has 1 atom stereocenters. The molecule has 7 nitrogen and oxygen atoms in total. The molecule has 1 saturated heterocycles. The largest absolute Gasteiger partial charge is 0.378 e. The predicted octanol–water partition coefficient (Wildman–Crippen LogP) is 4.11. The fraction of sp³-hybridized carbons (Fsp3) is 0.375. The minimum Gasteiger partial charge on any atom is -0.378 e. The van der Waals surface area contributed by atoms with Gasteiger partial charge in [0.2, 0.25) is 11.9 Å². The smallest absolute Gasteiger partial charge is 0.238 e. The Morgan fingerprint density at radius 2 is 1.85 bits per heavy atom. The Labute approximate surface area is 202 Å². The summed E-state index contributed by atoms with van der Waals surface area (Å²) in [6.07, 6.45) is 0. The average Bonchev–Trinajstić information content (AvgIpc) is 3.30. The number of aromatic nitrogens is 3. The van der Waals surface area contributed by atoms with Gasteiger partial charge in [-0.25, -0.2) is 0 Å². The van der Waals surface area contributed by atoms with Crippen molar-refractivity contribution in [1.82, 2.24) is 14.8 Å². The van der Waals surface area contributed by atoms with Crippen molar-refractivity contribution in [1.29, 1.82) is 0 Å². The molecule has 2 aliphatic rings. The average molecular weight is 482 g/mol. The molecule has 1 aromatic heterocycles. The van der Waals surface area contributed by atoms with Crippen LogP contribution >= 0.6 is 23.5 Å². The lowest BCUT2D eigenvalue weighted by molar-refractivity contribution is -0.116. The van der Waals surface area contributed by atoms with Crippen LogP contribution in [0, 0.1) is 0 Å². The lowest BCUT2D eigenvalue weighted by atomic mass is 10.1. The molecule has 0 bridgehead atoms. The molecule has 0 N–H and O–H groups in total. The van der Waals surface area contributed by atoms with Gasteiger partial charge in [-0.15, -0.1) is 22.0 Å². The van der Waals surface area contributed by atoms with Gasteiger partial charge in [0.25, 0.3) is 0 Å². The minimum atomic E-state index is 0.00663. The number of para-hydroxylation sites is 1. The zero-order valence-corrected chi connectivity index (χ0v) is 20.2. The number of amides is 1. The van der Waals surface area contributed by atoms with E-state index in [4.69, 9.17) is 4.74 Å². The Hall–Kier alpha value is -2.49. The normalized spacial score (nSPS) is 18.3. The summed E-state index contributed by atoms with van der Waals surface area (Å²) >= 11 is 3.27. The Bertz CT molecular complexity index is 1100. The summed E-state index contributed by atoms with van der Waals surface area (Å²) in [6, 6.07) is 18.5. The van der Waals surface area contributed by atoms with Gasteiger partial charge in [0.1, 0.15) is 0 Å². The zero-order chi connectivity index (χ0) is 22.6. The standard InChI is InChI=1S/C24H27N5O2S2/c1-2-28-23(27-12-14-31-15-13-27)25-26-24(28)33-17-22(30)29-19-10-6-7-11-21(19)32-16-20(29)18-8-4-3-5-9-18/h3-11,20H,2,12-17H2,1H3. The summed E-state index contributed by atoms with van der Waals surface area (Å²) in [6.45, 7) is 5.86. The van der Waals surface area contributed by atoms with Crippen molar-refractivity contribution in [3.05, 3.63) is 60.2 Å². The van der Waals surface area contributed by atoms with Gasteiger partial charge in [-0.2, -0.15) is 0 Å². The molecule has 33 heavy (non-hydrogen) atoms. The Morgan fingerprint density at radius 3 is 2.64 bits per heavy atom. The van der Waals surface area contributed by atoms with Crippen molar-refractivity contribution in [2.24, 2.45) is 0 Å². The number of morpholine rings is 1. The van der Waals surface area contributed by atoms with Crippen LogP contribution in [0.1, 0.15) is 18.5 Å². The number of ether oxygens (including phenoxy) is 1. The van der Waals surface area contributed by atoms with Gasteiger partial charge in [0.05, 0.1) is 30.7 Å². The molecule has 1 unspecified atom stereocenters. The van der Waals surface area contributed by atoms with Crippen LogP contribution in [0.2, 0.25) is 0 Å². The third-order valence-corrected chi connectivity index (χ3v) is 8.01. The molecule has 2 aromatic carbocycles. The lowest BCUT2D eigenvalue weighted by Gasteiger charge is -2.37. The number of anilines is 2. The molecule has 5 rings (SSSR count). The lowest BCUT2D eigenvalue weighted by Crippen LogP contribution is -2.39. The first-order valence-electron chi connectivity index (χ1n) is 11.2. The fourth-order valence-corrected chi connectivity index (χ4v) is 6.30. The summed E-state index contributed by atoms with van der Waals surface area (Å²) in [5.41, 5.74) is 2.14. The van der Waals surface area contributed by atoms with E-state index in [1.807, 2.05) is 53.1 Å². The highest BCUT2D eigenvalue weighted by atomic mass is 32.2. The number of nitrogens with zero attached hydrogens (tertiary/aromatic N) is 5.